The first-order valence-electron chi connectivity index (χ1n) is 8.92. The highest BCUT2D eigenvalue weighted by molar-refractivity contribution is 5.78. The van der Waals surface area contributed by atoms with Gasteiger partial charge in [0, 0.05) is 26.2 Å². The second-order valence-corrected chi connectivity index (χ2v) is 7.14. The third-order valence-corrected chi connectivity index (χ3v) is 4.19. The van der Waals surface area contributed by atoms with Crippen LogP contribution >= 0.6 is 0 Å². The lowest BCUT2D eigenvalue weighted by molar-refractivity contribution is -0.132. The zero-order valence-electron chi connectivity index (χ0n) is 15.2. The predicted octanol–water partition coefficient (Wildman–Crippen LogP) is 0.725. The second kappa shape index (κ2) is 9.87. The molecule has 1 aromatic carbocycles. The Kier molecular flexibility index (Phi) is 7.84. The number of amides is 1. The highest BCUT2D eigenvalue weighted by atomic mass is 16.5. The number of benzene rings is 1. The van der Waals surface area contributed by atoms with Crippen molar-refractivity contribution in [2.75, 3.05) is 39.3 Å². The molecular weight excluding hydrogens is 320 g/mol. The standard InChI is InChI=1S/C19H30N2O4/c1-15(2)8-21-11-18(25-14-16-6-4-3-5-7-16)10-20(12-19(21)24)9-17(23)13-22/h3-7,15,17-18,22-23H,8-14H2,1-2H3/t17-,18-/m1/s1. The van der Waals surface area contributed by atoms with Gasteiger partial charge in [-0.05, 0) is 11.5 Å². The van der Waals surface area contributed by atoms with Crippen molar-refractivity contribution >= 4 is 5.91 Å². The largest absolute Gasteiger partial charge is 0.394 e. The molecule has 0 saturated carbocycles. The molecule has 2 rings (SSSR count). The zero-order chi connectivity index (χ0) is 18.2. The van der Waals surface area contributed by atoms with Gasteiger partial charge >= 0.3 is 0 Å². The van der Waals surface area contributed by atoms with Crippen molar-refractivity contribution in [3.05, 3.63) is 35.9 Å². The molecule has 0 aromatic heterocycles. The van der Waals surface area contributed by atoms with Crippen molar-refractivity contribution < 1.29 is 19.7 Å². The van der Waals surface area contributed by atoms with Crippen LogP contribution in [0.2, 0.25) is 0 Å². The number of hydrogen-bond donors (Lipinski definition) is 2. The molecule has 0 aliphatic carbocycles. The molecule has 140 valence electrons. The van der Waals surface area contributed by atoms with Crippen molar-refractivity contribution in [2.24, 2.45) is 5.92 Å². The van der Waals surface area contributed by atoms with Crippen molar-refractivity contribution in [1.82, 2.24) is 9.80 Å². The quantitative estimate of drug-likeness (QED) is 0.723. The van der Waals surface area contributed by atoms with Crippen molar-refractivity contribution in [3.8, 4) is 0 Å². The molecule has 0 bridgehead atoms. The first-order valence-corrected chi connectivity index (χ1v) is 8.92. The molecule has 1 saturated heterocycles. The number of carbonyl (C=O) groups excluding carboxylic acids is 1. The summed E-state index contributed by atoms with van der Waals surface area (Å²) in [5, 5.41) is 18.8. The number of hydrogen-bond acceptors (Lipinski definition) is 5. The minimum Gasteiger partial charge on any atom is -0.394 e. The van der Waals surface area contributed by atoms with Gasteiger partial charge in [-0.3, -0.25) is 9.69 Å². The summed E-state index contributed by atoms with van der Waals surface area (Å²) in [5.41, 5.74) is 1.09. The fourth-order valence-electron chi connectivity index (χ4n) is 3.05. The molecule has 1 aliphatic heterocycles. The third-order valence-electron chi connectivity index (χ3n) is 4.19. The summed E-state index contributed by atoms with van der Waals surface area (Å²) >= 11 is 0. The summed E-state index contributed by atoms with van der Waals surface area (Å²) in [7, 11) is 0. The van der Waals surface area contributed by atoms with E-state index in [1.165, 1.54) is 0 Å². The molecule has 1 aromatic rings. The summed E-state index contributed by atoms with van der Waals surface area (Å²) in [4.78, 5) is 16.3. The van der Waals surface area contributed by atoms with Crippen LogP contribution in [0, 0.1) is 5.92 Å². The molecule has 1 amide bonds. The summed E-state index contributed by atoms with van der Waals surface area (Å²) in [6.07, 6.45) is -0.976. The van der Waals surface area contributed by atoms with Gasteiger partial charge in [-0.1, -0.05) is 44.2 Å². The molecule has 0 spiro atoms. The lowest BCUT2D eigenvalue weighted by Gasteiger charge is -2.26. The van der Waals surface area contributed by atoms with Crippen molar-refractivity contribution in [2.45, 2.75) is 32.7 Å². The van der Waals surface area contributed by atoms with Crippen LogP contribution in [0.5, 0.6) is 0 Å². The molecule has 6 nitrogen and oxygen atoms in total. The van der Waals surface area contributed by atoms with Crippen LogP contribution in [0.25, 0.3) is 0 Å². The minimum absolute atomic E-state index is 0.0460. The molecule has 0 radical (unpaired) electrons. The van der Waals surface area contributed by atoms with Crippen LogP contribution in [-0.4, -0.2) is 77.5 Å². The molecule has 1 aliphatic rings. The van der Waals surface area contributed by atoms with Crippen LogP contribution in [0.1, 0.15) is 19.4 Å². The SMILES string of the molecule is CC(C)CN1C[C@H](OCc2ccccc2)CN(C[C@@H](O)CO)CC1=O. The lowest BCUT2D eigenvalue weighted by Crippen LogP contribution is -2.41. The Labute approximate surface area is 150 Å². The normalized spacial score (nSPS) is 20.8. The van der Waals surface area contributed by atoms with Crippen molar-refractivity contribution in [1.29, 1.82) is 0 Å². The predicted molar refractivity (Wildman–Crippen MR) is 96.0 cm³/mol. The highest BCUT2D eigenvalue weighted by Crippen LogP contribution is 2.13. The second-order valence-electron chi connectivity index (χ2n) is 7.14. The highest BCUT2D eigenvalue weighted by Gasteiger charge is 2.29. The average Bonchev–Trinajstić information content (AvgIpc) is 2.72. The zero-order valence-corrected chi connectivity index (χ0v) is 15.2. The van der Waals surface area contributed by atoms with E-state index in [-0.39, 0.29) is 31.7 Å². The van der Waals surface area contributed by atoms with E-state index in [9.17, 15) is 9.90 Å². The van der Waals surface area contributed by atoms with E-state index < -0.39 is 6.10 Å². The van der Waals surface area contributed by atoms with E-state index in [0.29, 0.717) is 32.2 Å². The van der Waals surface area contributed by atoms with Crippen LogP contribution in [0.3, 0.4) is 0 Å². The van der Waals surface area contributed by atoms with Gasteiger partial charge in [0.2, 0.25) is 5.91 Å². The molecule has 2 N–H and O–H groups in total. The van der Waals surface area contributed by atoms with E-state index in [4.69, 9.17) is 9.84 Å². The summed E-state index contributed by atoms with van der Waals surface area (Å²) < 4.78 is 6.07. The van der Waals surface area contributed by atoms with E-state index in [1.54, 1.807) is 0 Å². The molecule has 0 unspecified atom stereocenters. The summed E-state index contributed by atoms with van der Waals surface area (Å²) in [6.45, 7) is 6.68. The van der Waals surface area contributed by atoms with Crippen LogP contribution in [0.4, 0.5) is 0 Å². The van der Waals surface area contributed by atoms with Crippen LogP contribution < -0.4 is 0 Å². The number of ether oxygens (including phenoxy) is 1. The Balaban J connectivity index is 2.03. The number of nitrogens with zero attached hydrogens (tertiary/aromatic N) is 2. The lowest BCUT2D eigenvalue weighted by atomic mass is 10.2. The number of aliphatic hydroxyl groups excluding tert-OH is 2. The van der Waals surface area contributed by atoms with Gasteiger partial charge in [0.05, 0.1) is 32.0 Å². The maximum atomic E-state index is 12.5. The Morgan fingerprint density at radius 3 is 2.56 bits per heavy atom. The fraction of sp³-hybridized carbons (Fsp3) is 0.632. The van der Waals surface area contributed by atoms with E-state index in [0.717, 1.165) is 5.56 Å². The van der Waals surface area contributed by atoms with E-state index >= 15 is 0 Å². The fourth-order valence-corrected chi connectivity index (χ4v) is 3.05. The van der Waals surface area contributed by atoms with Gasteiger partial charge in [0.25, 0.3) is 0 Å². The molecule has 1 heterocycles. The smallest absolute Gasteiger partial charge is 0.236 e. The van der Waals surface area contributed by atoms with E-state index in [2.05, 4.69) is 13.8 Å². The summed E-state index contributed by atoms with van der Waals surface area (Å²) in [6, 6.07) is 9.95. The number of rotatable bonds is 8. The number of carbonyl (C=O) groups is 1. The molecule has 6 heteroatoms. The van der Waals surface area contributed by atoms with Crippen LogP contribution in [-0.2, 0) is 16.1 Å². The van der Waals surface area contributed by atoms with Gasteiger partial charge < -0.3 is 19.8 Å². The van der Waals surface area contributed by atoms with Gasteiger partial charge in [0.1, 0.15) is 0 Å². The van der Waals surface area contributed by atoms with E-state index in [1.807, 2.05) is 40.1 Å². The van der Waals surface area contributed by atoms with Gasteiger partial charge in [-0.15, -0.1) is 0 Å². The molecule has 25 heavy (non-hydrogen) atoms. The first kappa shape index (κ1) is 19.8. The van der Waals surface area contributed by atoms with Gasteiger partial charge in [0.15, 0.2) is 0 Å². The molecular formula is C19H30N2O4. The minimum atomic E-state index is -0.848. The maximum absolute atomic E-state index is 12.5. The Morgan fingerprint density at radius 1 is 1.20 bits per heavy atom. The Bertz CT molecular complexity index is 523. The number of β-amino-alcohol motifs (C(OH)–C–C–N with tert-alkyl or cyclic N) is 1. The van der Waals surface area contributed by atoms with Gasteiger partial charge in [-0.2, -0.15) is 0 Å². The maximum Gasteiger partial charge on any atom is 0.236 e. The number of aliphatic hydroxyl groups is 2. The van der Waals surface area contributed by atoms with Crippen LogP contribution in [0.15, 0.2) is 30.3 Å². The van der Waals surface area contributed by atoms with Gasteiger partial charge in [-0.25, -0.2) is 0 Å². The molecule has 2 atom stereocenters. The third kappa shape index (κ3) is 6.74. The average molecular weight is 350 g/mol. The summed E-state index contributed by atoms with van der Waals surface area (Å²) in [5.74, 6) is 0.429. The van der Waals surface area contributed by atoms with Crippen molar-refractivity contribution in [3.63, 3.8) is 0 Å². The Hall–Kier alpha value is -1.47. The molecule has 1 fully saturated rings. The Morgan fingerprint density at radius 2 is 1.92 bits per heavy atom. The monoisotopic (exact) mass is 350 g/mol. The topological polar surface area (TPSA) is 73.2 Å². The first-order chi connectivity index (χ1) is 12.0.